The van der Waals surface area contributed by atoms with Crippen LogP contribution in [0.1, 0.15) is 11.1 Å². The zero-order valence-corrected chi connectivity index (χ0v) is 16.9. The molecule has 0 saturated carbocycles. The standard InChI is InChI=1S/C23H16ClN3O4/c24-21-11-8-19(13-22(21)27(29)30)26-23(28)18(14-25)12-16-6-9-20(10-7-16)31-15-17-4-2-1-3-5-17/h1-13H,15H2,(H,26,28)/b18-12+. The molecule has 0 radical (unpaired) electrons. The highest BCUT2D eigenvalue weighted by Crippen LogP contribution is 2.27. The molecule has 0 aliphatic carbocycles. The van der Waals surface area contributed by atoms with Crippen LogP contribution in [0.5, 0.6) is 5.75 Å². The third kappa shape index (κ3) is 5.92. The number of carbonyl (C=O) groups is 1. The molecule has 0 fully saturated rings. The molecular formula is C23H16ClN3O4. The summed E-state index contributed by atoms with van der Waals surface area (Å²) in [6, 6.07) is 22.3. The molecule has 0 aliphatic heterocycles. The summed E-state index contributed by atoms with van der Waals surface area (Å²) in [7, 11) is 0. The van der Waals surface area contributed by atoms with Crippen molar-refractivity contribution in [2.24, 2.45) is 0 Å². The number of nitrogens with zero attached hydrogens (tertiary/aromatic N) is 2. The minimum absolute atomic E-state index is 0.0476. The number of nitro benzene ring substituents is 1. The Bertz CT molecular complexity index is 1170. The number of carbonyl (C=O) groups excluding carboxylic acids is 1. The summed E-state index contributed by atoms with van der Waals surface area (Å²) in [5.74, 6) is -0.0408. The van der Waals surface area contributed by atoms with E-state index in [0.29, 0.717) is 17.9 Å². The van der Waals surface area contributed by atoms with Crippen LogP contribution in [0.3, 0.4) is 0 Å². The van der Waals surface area contributed by atoms with Gasteiger partial charge in [-0.15, -0.1) is 0 Å². The van der Waals surface area contributed by atoms with Crippen molar-refractivity contribution in [3.8, 4) is 11.8 Å². The highest BCUT2D eigenvalue weighted by molar-refractivity contribution is 6.32. The molecule has 0 saturated heterocycles. The van der Waals surface area contributed by atoms with Crippen molar-refractivity contribution in [2.45, 2.75) is 6.61 Å². The number of nitrogens with one attached hydrogen (secondary N) is 1. The lowest BCUT2D eigenvalue weighted by Crippen LogP contribution is -2.13. The van der Waals surface area contributed by atoms with E-state index in [9.17, 15) is 20.2 Å². The van der Waals surface area contributed by atoms with Crippen LogP contribution in [-0.2, 0) is 11.4 Å². The van der Waals surface area contributed by atoms with Crippen LogP contribution >= 0.6 is 11.6 Å². The van der Waals surface area contributed by atoms with Gasteiger partial charge in [0.25, 0.3) is 11.6 Å². The molecule has 3 aromatic carbocycles. The largest absolute Gasteiger partial charge is 0.489 e. The molecule has 154 valence electrons. The molecule has 31 heavy (non-hydrogen) atoms. The van der Waals surface area contributed by atoms with Crippen molar-refractivity contribution in [3.05, 3.63) is 105 Å². The zero-order chi connectivity index (χ0) is 22.2. The second kappa shape index (κ2) is 10.1. The number of rotatable bonds is 7. The number of ether oxygens (including phenoxy) is 1. The Labute approximate surface area is 183 Å². The molecule has 8 heteroatoms. The molecule has 3 aromatic rings. The van der Waals surface area contributed by atoms with Crippen molar-refractivity contribution >= 4 is 35.0 Å². The highest BCUT2D eigenvalue weighted by Gasteiger charge is 2.15. The summed E-state index contributed by atoms with van der Waals surface area (Å²) in [5.41, 5.74) is 1.33. The maximum Gasteiger partial charge on any atom is 0.289 e. The highest BCUT2D eigenvalue weighted by atomic mass is 35.5. The topological polar surface area (TPSA) is 105 Å². The fourth-order valence-electron chi connectivity index (χ4n) is 2.65. The van der Waals surface area contributed by atoms with Crippen molar-refractivity contribution in [1.82, 2.24) is 0 Å². The van der Waals surface area contributed by atoms with E-state index in [1.54, 1.807) is 24.3 Å². The first-order chi connectivity index (χ1) is 15.0. The number of anilines is 1. The van der Waals surface area contributed by atoms with Crippen LogP contribution in [0.4, 0.5) is 11.4 Å². The van der Waals surface area contributed by atoms with E-state index in [4.69, 9.17) is 16.3 Å². The molecule has 1 N–H and O–H groups in total. The fraction of sp³-hybridized carbons (Fsp3) is 0.0435. The summed E-state index contributed by atoms with van der Waals surface area (Å²) in [4.78, 5) is 22.7. The lowest BCUT2D eigenvalue weighted by Gasteiger charge is -2.07. The number of nitro groups is 1. The van der Waals surface area contributed by atoms with Gasteiger partial charge in [0.15, 0.2) is 0 Å². The van der Waals surface area contributed by atoms with Gasteiger partial charge in [-0.2, -0.15) is 5.26 Å². The van der Waals surface area contributed by atoms with Crippen molar-refractivity contribution in [3.63, 3.8) is 0 Å². The molecule has 0 heterocycles. The van der Waals surface area contributed by atoms with E-state index in [1.807, 2.05) is 36.4 Å². The lowest BCUT2D eigenvalue weighted by molar-refractivity contribution is -0.384. The van der Waals surface area contributed by atoms with Gasteiger partial charge >= 0.3 is 0 Å². The third-order valence-corrected chi connectivity index (χ3v) is 4.52. The Hall–Kier alpha value is -4.15. The summed E-state index contributed by atoms with van der Waals surface area (Å²) in [6.45, 7) is 0.426. The van der Waals surface area contributed by atoms with Crippen molar-refractivity contribution in [1.29, 1.82) is 5.26 Å². The summed E-state index contributed by atoms with van der Waals surface area (Å²) < 4.78 is 5.71. The molecule has 0 bridgehead atoms. The fourth-order valence-corrected chi connectivity index (χ4v) is 2.83. The molecule has 0 aliphatic rings. The van der Waals surface area contributed by atoms with Gasteiger partial charge in [-0.3, -0.25) is 14.9 Å². The van der Waals surface area contributed by atoms with E-state index < -0.39 is 10.8 Å². The van der Waals surface area contributed by atoms with Gasteiger partial charge < -0.3 is 10.1 Å². The van der Waals surface area contributed by atoms with Crippen LogP contribution in [0.25, 0.3) is 6.08 Å². The first kappa shape index (κ1) is 21.6. The van der Waals surface area contributed by atoms with E-state index in [0.717, 1.165) is 11.6 Å². The summed E-state index contributed by atoms with van der Waals surface area (Å²) >= 11 is 5.77. The quantitative estimate of drug-likeness (QED) is 0.233. The Morgan fingerprint density at radius 2 is 1.84 bits per heavy atom. The van der Waals surface area contributed by atoms with Crippen molar-refractivity contribution < 1.29 is 14.5 Å². The normalized spacial score (nSPS) is 10.8. The molecule has 1 amide bonds. The Morgan fingerprint density at radius 3 is 2.48 bits per heavy atom. The van der Waals surface area contributed by atoms with Gasteiger partial charge in [0.05, 0.1) is 4.92 Å². The van der Waals surface area contributed by atoms with Gasteiger partial charge in [-0.05, 0) is 41.5 Å². The molecule has 0 spiro atoms. The number of hydrogen-bond donors (Lipinski definition) is 1. The average molecular weight is 434 g/mol. The molecule has 3 rings (SSSR count). The summed E-state index contributed by atoms with van der Waals surface area (Å²) in [6.07, 6.45) is 1.42. The number of benzene rings is 3. The van der Waals surface area contributed by atoms with Gasteiger partial charge in [-0.25, -0.2) is 0 Å². The Balaban J connectivity index is 1.68. The Morgan fingerprint density at radius 1 is 1.13 bits per heavy atom. The first-order valence-corrected chi connectivity index (χ1v) is 9.48. The van der Waals surface area contributed by atoms with Crippen LogP contribution < -0.4 is 10.1 Å². The van der Waals surface area contributed by atoms with Crippen LogP contribution in [0.2, 0.25) is 5.02 Å². The number of hydrogen-bond acceptors (Lipinski definition) is 5. The predicted molar refractivity (Wildman–Crippen MR) is 118 cm³/mol. The second-order valence-electron chi connectivity index (χ2n) is 6.39. The van der Waals surface area contributed by atoms with Gasteiger partial charge in [0, 0.05) is 11.8 Å². The zero-order valence-electron chi connectivity index (χ0n) is 16.1. The monoisotopic (exact) mass is 433 g/mol. The number of halogens is 1. The maximum atomic E-state index is 12.4. The number of amides is 1. The third-order valence-electron chi connectivity index (χ3n) is 4.21. The van der Waals surface area contributed by atoms with E-state index in [-0.39, 0.29) is 22.0 Å². The Kier molecular flexibility index (Phi) is 6.99. The summed E-state index contributed by atoms with van der Waals surface area (Å²) in [5, 5.41) is 22.8. The SMILES string of the molecule is N#C/C(=C\c1ccc(OCc2ccccc2)cc1)C(=O)Nc1ccc(Cl)c([N+](=O)[O-])c1. The van der Waals surface area contributed by atoms with E-state index >= 15 is 0 Å². The molecule has 0 unspecified atom stereocenters. The molecule has 0 atom stereocenters. The van der Waals surface area contributed by atoms with Crippen LogP contribution in [0, 0.1) is 21.4 Å². The van der Waals surface area contributed by atoms with E-state index in [2.05, 4.69) is 5.32 Å². The molecular weight excluding hydrogens is 418 g/mol. The minimum Gasteiger partial charge on any atom is -0.489 e. The molecule has 0 aromatic heterocycles. The van der Waals surface area contributed by atoms with E-state index in [1.165, 1.54) is 18.2 Å². The second-order valence-corrected chi connectivity index (χ2v) is 6.80. The van der Waals surface area contributed by atoms with Gasteiger partial charge in [-0.1, -0.05) is 54.1 Å². The van der Waals surface area contributed by atoms with Crippen LogP contribution in [-0.4, -0.2) is 10.8 Å². The maximum absolute atomic E-state index is 12.4. The lowest BCUT2D eigenvalue weighted by atomic mass is 10.1. The average Bonchev–Trinajstić information content (AvgIpc) is 2.78. The van der Waals surface area contributed by atoms with Gasteiger partial charge in [0.1, 0.15) is 29.0 Å². The van der Waals surface area contributed by atoms with Crippen molar-refractivity contribution in [2.75, 3.05) is 5.32 Å². The van der Waals surface area contributed by atoms with Gasteiger partial charge in [0.2, 0.25) is 0 Å². The smallest absolute Gasteiger partial charge is 0.289 e. The predicted octanol–water partition coefficient (Wildman–Crippen LogP) is 5.37. The first-order valence-electron chi connectivity index (χ1n) is 9.10. The van der Waals surface area contributed by atoms with Crippen LogP contribution in [0.15, 0.2) is 78.4 Å². The number of nitriles is 1. The minimum atomic E-state index is -0.691. The molecule has 7 nitrogen and oxygen atoms in total.